The Morgan fingerprint density at radius 3 is 2.47 bits per heavy atom. The zero-order valence-corrected chi connectivity index (χ0v) is 12.6. The van der Waals surface area contributed by atoms with E-state index in [9.17, 15) is 4.79 Å². The number of rotatable bonds is 3. The molecule has 1 aromatic rings. The summed E-state index contributed by atoms with van der Waals surface area (Å²) < 4.78 is 0. The number of halogens is 2. The van der Waals surface area contributed by atoms with Crippen LogP contribution in [0, 0.1) is 0 Å². The summed E-state index contributed by atoms with van der Waals surface area (Å²) >= 11 is 1.56. The molecule has 100 valence electrons. The van der Waals surface area contributed by atoms with E-state index in [1.165, 1.54) is 0 Å². The second kappa shape index (κ2) is 7.87. The third-order valence-corrected chi connectivity index (χ3v) is 2.79. The van der Waals surface area contributed by atoms with Crippen LogP contribution in [0.1, 0.15) is 31.5 Å². The van der Waals surface area contributed by atoms with Gasteiger partial charge in [-0.1, -0.05) is 20.8 Å². The summed E-state index contributed by atoms with van der Waals surface area (Å²) in [5.41, 5.74) is 6.30. The first-order valence-corrected chi connectivity index (χ1v) is 5.73. The average molecular weight is 300 g/mol. The maximum absolute atomic E-state index is 10.9. The van der Waals surface area contributed by atoms with Crippen molar-refractivity contribution in [3.8, 4) is 0 Å². The smallest absolute Gasteiger partial charge is 0.234 e. The molecule has 0 radical (unpaired) electrons. The second-order valence-corrected chi connectivity index (χ2v) is 5.30. The molecule has 0 atom stereocenters. The molecule has 0 bridgehead atoms. The van der Waals surface area contributed by atoms with Crippen LogP contribution in [-0.4, -0.2) is 17.4 Å². The number of carbonyl (C=O) groups is 1. The van der Waals surface area contributed by atoms with Gasteiger partial charge in [0.05, 0.1) is 18.8 Å². The molecule has 0 aliphatic heterocycles. The summed E-state index contributed by atoms with van der Waals surface area (Å²) in [5.74, 6) is -0.150. The first-order valence-electron chi connectivity index (χ1n) is 4.85. The first kappa shape index (κ1) is 19.0. The second-order valence-electron chi connectivity index (χ2n) is 4.36. The first-order chi connectivity index (χ1) is 6.93. The topological polar surface area (TPSA) is 68.0 Å². The third kappa shape index (κ3) is 6.21. The van der Waals surface area contributed by atoms with E-state index in [2.05, 4.69) is 31.1 Å². The van der Waals surface area contributed by atoms with Gasteiger partial charge in [0.25, 0.3) is 0 Å². The van der Waals surface area contributed by atoms with Gasteiger partial charge in [0, 0.05) is 10.8 Å². The van der Waals surface area contributed by atoms with Gasteiger partial charge in [-0.25, -0.2) is 4.98 Å². The van der Waals surface area contributed by atoms with Crippen LogP contribution in [0.5, 0.6) is 0 Å². The van der Waals surface area contributed by atoms with Gasteiger partial charge in [0.15, 0.2) is 0 Å². The van der Waals surface area contributed by atoms with E-state index in [1.54, 1.807) is 11.3 Å². The zero-order chi connectivity index (χ0) is 11.5. The molecule has 4 nitrogen and oxygen atoms in total. The van der Waals surface area contributed by atoms with Crippen LogP contribution < -0.4 is 11.1 Å². The highest BCUT2D eigenvalue weighted by atomic mass is 35.5. The molecular formula is C10H19Cl2N3OS. The number of amides is 1. The van der Waals surface area contributed by atoms with Crippen molar-refractivity contribution in [2.75, 3.05) is 6.54 Å². The minimum Gasteiger partial charge on any atom is -0.348 e. The Hall–Kier alpha value is -0.360. The number of nitrogens with zero attached hydrogens (tertiary/aromatic N) is 1. The highest BCUT2D eigenvalue weighted by Gasteiger charge is 2.17. The van der Waals surface area contributed by atoms with Crippen molar-refractivity contribution in [1.82, 2.24) is 10.3 Å². The van der Waals surface area contributed by atoms with E-state index < -0.39 is 0 Å². The van der Waals surface area contributed by atoms with Crippen molar-refractivity contribution in [3.05, 3.63) is 16.1 Å². The molecule has 0 spiro atoms. The quantitative estimate of drug-likeness (QED) is 0.895. The predicted octanol–water partition coefficient (Wildman–Crippen LogP) is 1.86. The van der Waals surface area contributed by atoms with Gasteiger partial charge >= 0.3 is 0 Å². The van der Waals surface area contributed by atoms with Crippen LogP contribution in [0.15, 0.2) is 5.38 Å². The standard InChI is InChI=1S/C10H17N3OS.2ClH/c1-10(2,3)7-6-15-9(13-7)5-12-8(14)4-11;;/h6H,4-5,11H2,1-3H3,(H,12,14);2*1H. The molecule has 0 saturated carbocycles. The molecule has 7 heteroatoms. The predicted molar refractivity (Wildman–Crippen MR) is 76.2 cm³/mol. The van der Waals surface area contributed by atoms with Crippen LogP contribution in [0.25, 0.3) is 0 Å². The molecule has 0 fully saturated rings. The molecular weight excluding hydrogens is 281 g/mol. The average Bonchev–Trinajstić information content (AvgIpc) is 2.61. The van der Waals surface area contributed by atoms with Crippen molar-refractivity contribution >= 4 is 42.1 Å². The molecule has 1 amide bonds. The fourth-order valence-corrected chi connectivity index (χ4v) is 1.94. The fraction of sp³-hybridized carbons (Fsp3) is 0.600. The van der Waals surface area contributed by atoms with Crippen molar-refractivity contribution < 1.29 is 4.79 Å². The van der Waals surface area contributed by atoms with Gasteiger partial charge in [-0.3, -0.25) is 4.79 Å². The Morgan fingerprint density at radius 1 is 1.47 bits per heavy atom. The third-order valence-electron chi connectivity index (χ3n) is 1.94. The van der Waals surface area contributed by atoms with Gasteiger partial charge in [0.1, 0.15) is 5.01 Å². The monoisotopic (exact) mass is 299 g/mol. The van der Waals surface area contributed by atoms with Crippen LogP contribution in [-0.2, 0) is 16.8 Å². The Morgan fingerprint density at radius 2 is 2.06 bits per heavy atom. The van der Waals surface area contributed by atoms with Gasteiger partial charge in [-0.05, 0) is 0 Å². The minimum absolute atomic E-state index is 0. The lowest BCUT2D eigenvalue weighted by atomic mass is 9.93. The molecule has 1 heterocycles. The van der Waals surface area contributed by atoms with Gasteiger partial charge < -0.3 is 11.1 Å². The molecule has 1 aromatic heterocycles. The summed E-state index contributed by atoms with van der Waals surface area (Å²) in [6.45, 7) is 6.84. The van der Waals surface area contributed by atoms with E-state index in [0.29, 0.717) is 6.54 Å². The Kier molecular flexibility index (Phi) is 8.79. The Bertz CT molecular complexity index is 350. The van der Waals surface area contributed by atoms with E-state index in [-0.39, 0.29) is 42.7 Å². The normalized spacial score (nSPS) is 10.1. The molecule has 0 aliphatic rings. The summed E-state index contributed by atoms with van der Waals surface area (Å²) in [4.78, 5) is 15.4. The summed E-state index contributed by atoms with van der Waals surface area (Å²) in [6.07, 6.45) is 0. The molecule has 0 unspecified atom stereocenters. The van der Waals surface area contributed by atoms with E-state index >= 15 is 0 Å². The number of nitrogens with two attached hydrogens (primary N) is 1. The van der Waals surface area contributed by atoms with E-state index in [0.717, 1.165) is 10.7 Å². The molecule has 0 saturated heterocycles. The number of thiazole rings is 1. The highest BCUT2D eigenvalue weighted by Crippen LogP contribution is 2.23. The van der Waals surface area contributed by atoms with Crippen LogP contribution in [0.4, 0.5) is 0 Å². The number of hydrogen-bond acceptors (Lipinski definition) is 4. The minimum atomic E-state index is -0.150. The van der Waals surface area contributed by atoms with Crippen LogP contribution in [0.3, 0.4) is 0 Å². The molecule has 0 aliphatic carbocycles. The number of hydrogen-bond donors (Lipinski definition) is 2. The molecule has 0 aromatic carbocycles. The fourth-order valence-electron chi connectivity index (χ4n) is 0.983. The SMILES string of the molecule is CC(C)(C)c1csc(CNC(=O)CN)n1.Cl.Cl. The van der Waals surface area contributed by atoms with Crippen molar-refractivity contribution in [1.29, 1.82) is 0 Å². The summed E-state index contributed by atoms with van der Waals surface area (Å²) in [7, 11) is 0. The zero-order valence-electron chi connectivity index (χ0n) is 10.1. The number of nitrogens with one attached hydrogen (secondary N) is 1. The maximum Gasteiger partial charge on any atom is 0.234 e. The van der Waals surface area contributed by atoms with Gasteiger partial charge in [-0.2, -0.15) is 0 Å². The maximum atomic E-state index is 10.9. The summed E-state index contributed by atoms with van der Waals surface area (Å²) in [6, 6.07) is 0. The number of carbonyl (C=O) groups excluding carboxylic acids is 1. The lowest BCUT2D eigenvalue weighted by Gasteiger charge is -2.14. The van der Waals surface area contributed by atoms with Crippen molar-refractivity contribution in [2.45, 2.75) is 32.7 Å². The van der Waals surface area contributed by atoms with Gasteiger partial charge in [0.2, 0.25) is 5.91 Å². The Balaban J connectivity index is 0. The highest BCUT2D eigenvalue weighted by molar-refractivity contribution is 7.09. The Labute approximate surface area is 118 Å². The summed E-state index contributed by atoms with van der Waals surface area (Å²) in [5, 5.41) is 5.65. The molecule has 1 rings (SSSR count). The van der Waals surface area contributed by atoms with Gasteiger partial charge in [-0.15, -0.1) is 36.2 Å². The molecule has 17 heavy (non-hydrogen) atoms. The van der Waals surface area contributed by atoms with Crippen LogP contribution >= 0.6 is 36.2 Å². The lowest BCUT2D eigenvalue weighted by Crippen LogP contribution is -2.29. The van der Waals surface area contributed by atoms with Crippen molar-refractivity contribution in [2.24, 2.45) is 5.73 Å². The van der Waals surface area contributed by atoms with E-state index in [1.807, 2.05) is 5.38 Å². The number of aromatic nitrogens is 1. The van der Waals surface area contributed by atoms with Crippen molar-refractivity contribution in [3.63, 3.8) is 0 Å². The molecule has 3 N–H and O–H groups in total. The largest absolute Gasteiger partial charge is 0.348 e. The van der Waals surface area contributed by atoms with E-state index in [4.69, 9.17) is 5.73 Å². The van der Waals surface area contributed by atoms with Crippen LogP contribution in [0.2, 0.25) is 0 Å². The lowest BCUT2D eigenvalue weighted by molar-refractivity contribution is -0.119.